The summed E-state index contributed by atoms with van der Waals surface area (Å²) in [6.45, 7) is 1.50. The fourth-order valence-corrected chi connectivity index (χ4v) is 2.10. The Morgan fingerprint density at radius 3 is 2.46 bits per heavy atom. The summed E-state index contributed by atoms with van der Waals surface area (Å²) >= 11 is 5.79. The maximum atomic E-state index is 12.7. The van der Waals surface area contributed by atoms with Gasteiger partial charge in [-0.05, 0) is 31.2 Å². The number of anilines is 1. The van der Waals surface area contributed by atoms with Crippen LogP contribution in [0.2, 0.25) is 5.02 Å². The van der Waals surface area contributed by atoms with E-state index in [1.807, 2.05) is 0 Å². The lowest BCUT2D eigenvalue weighted by molar-refractivity contribution is -0.385. The number of nitro benzene ring substituents is 1. The third-order valence-electron chi connectivity index (χ3n) is 3.21. The molecular weight excluding hydrogens is 349 g/mol. The molecule has 0 heterocycles. The van der Waals surface area contributed by atoms with Gasteiger partial charge in [-0.3, -0.25) is 14.9 Å². The van der Waals surface area contributed by atoms with Crippen LogP contribution in [0.15, 0.2) is 36.4 Å². The van der Waals surface area contributed by atoms with Crippen LogP contribution < -0.4 is 5.32 Å². The minimum Gasteiger partial charge on any atom is -0.321 e. The van der Waals surface area contributed by atoms with Gasteiger partial charge >= 0.3 is 6.18 Å². The monoisotopic (exact) mass is 358 g/mol. The zero-order valence-corrected chi connectivity index (χ0v) is 12.9. The molecule has 126 valence electrons. The Hall–Kier alpha value is -2.61. The minimum absolute atomic E-state index is 0.0687. The second-order valence-corrected chi connectivity index (χ2v) is 5.31. The molecule has 0 aliphatic carbocycles. The SMILES string of the molecule is Cc1ccc(C(=O)Nc2cc(C(F)(F)F)ccc2Cl)cc1[N+](=O)[O-]. The van der Waals surface area contributed by atoms with Crippen molar-refractivity contribution in [2.45, 2.75) is 13.1 Å². The van der Waals surface area contributed by atoms with E-state index < -0.39 is 22.6 Å². The number of benzene rings is 2. The second-order valence-electron chi connectivity index (χ2n) is 4.90. The fourth-order valence-electron chi connectivity index (χ4n) is 1.94. The maximum absolute atomic E-state index is 12.7. The Labute approximate surface area is 139 Å². The van der Waals surface area contributed by atoms with Crippen LogP contribution in [0.25, 0.3) is 0 Å². The van der Waals surface area contributed by atoms with E-state index in [0.29, 0.717) is 11.6 Å². The zero-order valence-electron chi connectivity index (χ0n) is 12.1. The van der Waals surface area contributed by atoms with Crippen molar-refractivity contribution in [1.82, 2.24) is 0 Å². The number of carbonyl (C=O) groups is 1. The first-order valence-electron chi connectivity index (χ1n) is 6.52. The largest absolute Gasteiger partial charge is 0.416 e. The van der Waals surface area contributed by atoms with Crippen molar-refractivity contribution in [3.05, 3.63) is 68.2 Å². The molecule has 2 aromatic rings. The number of aryl methyl sites for hydroxylation is 1. The number of rotatable bonds is 3. The lowest BCUT2D eigenvalue weighted by atomic mass is 10.1. The highest BCUT2D eigenvalue weighted by molar-refractivity contribution is 6.34. The number of nitrogens with zero attached hydrogens (tertiary/aromatic N) is 1. The van der Waals surface area contributed by atoms with E-state index in [4.69, 9.17) is 11.6 Å². The molecule has 5 nitrogen and oxygen atoms in total. The molecular formula is C15H10ClF3N2O3. The van der Waals surface area contributed by atoms with Crippen LogP contribution in [0.1, 0.15) is 21.5 Å². The number of halogens is 4. The summed E-state index contributed by atoms with van der Waals surface area (Å²) in [5.41, 5.74) is -1.19. The van der Waals surface area contributed by atoms with Crippen LogP contribution in [0.3, 0.4) is 0 Å². The predicted molar refractivity (Wildman–Crippen MR) is 82.2 cm³/mol. The number of nitrogens with one attached hydrogen (secondary N) is 1. The summed E-state index contributed by atoms with van der Waals surface area (Å²) in [4.78, 5) is 22.4. The van der Waals surface area contributed by atoms with Crippen molar-refractivity contribution in [2.24, 2.45) is 0 Å². The number of nitro groups is 1. The van der Waals surface area contributed by atoms with E-state index in [-0.39, 0.29) is 22.0 Å². The van der Waals surface area contributed by atoms with Gasteiger partial charge in [-0.1, -0.05) is 17.7 Å². The molecule has 0 fully saturated rings. The van der Waals surface area contributed by atoms with Gasteiger partial charge in [0.15, 0.2) is 0 Å². The molecule has 0 unspecified atom stereocenters. The van der Waals surface area contributed by atoms with E-state index in [1.165, 1.54) is 19.1 Å². The molecule has 9 heteroatoms. The van der Waals surface area contributed by atoms with Gasteiger partial charge in [0.05, 0.1) is 21.2 Å². The predicted octanol–water partition coefficient (Wildman–Crippen LogP) is 4.83. The molecule has 0 radical (unpaired) electrons. The van der Waals surface area contributed by atoms with Crippen LogP contribution in [-0.4, -0.2) is 10.8 Å². The van der Waals surface area contributed by atoms with Gasteiger partial charge in [-0.2, -0.15) is 13.2 Å². The molecule has 0 bridgehead atoms. The lowest BCUT2D eigenvalue weighted by Crippen LogP contribution is -2.14. The van der Waals surface area contributed by atoms with E-state index in [9.17, 15) is 28.1 Å². The van der Waals surface area contributed by atoms with Gasteiger partial charge < -0.3 is 5.32 Å². The Kier molecular flexibility index (Phi) is 4.79. The van der Waals surface area contributed by atoms with Crippen LogP contribution in [0.4, 0.5) is 24.5 Å². The van der Waals surface area contributed by atoms with Crippen molar-refractivity contribution in [3.8, 4) is 0 Å². The maximum Gasteiger partial charge on any atom is 0.416 e. The molecule has 2 rings (SSSR count). The van der Waals surface area contributed by atoms with Gasteiger partial charge in [0, 0.05) is 17.2 Å². The normalized spacial score (nSPS) is 11.2. The van der Waals surface area contributed by atoms with Gasteiger partial charge in [0.2, 0.25) is 0 Å². The zero-order chi connectivity index (χ0) is 18.1. The molecule has 2 aromatic carbocycles. The third-order valence-corrected chi connectivity index (χ3v) is 3.54. The fraction of sp³-hybridized carbons (Fsp3) is 0.133. The van der Waals surface area contributed by atoms with Crippen LogP contribution >= 0.6 is 11.6 Å². The van der Waals surface area contributed by atoms with Gasteiger partial charge in [-0.25, -0.2) is 0 Å². The summed E-state index contributed by atoms with van der Waals surface area (Å²) in [5.74, 6) is -0.806. The molecule has 0 saturated heterocycles. The quantitative estimate of drug-likeness (QED) is 0.631. The van der Waals surface area contributed by atoms with Gasteiger partial charge in [0.1, 0.15) is 0 Å². The number of hydrogen-bond acceptors (Lipinski definition) is 3. The average molecular weight is 359 g/mol. The highest BCUT2D eigenvalue weighted by atomic mass is 35.5. The molecule has 0 aromatic heterocycles. The van der Waals surface area contributed by atoms with Crippen molar-refractivity contribution < 1.29 is 22.9 Å². The number of alkyl halides is 3. The minimum atomic E-state index is -4.59. The van der Waals surface area contributed by atoms with Gasteiger partial charge in [-0.15, -0.1) is 0 Å². The summed E-state index contributed by atoms with van der Waals surface area (Å²) < 4.78 is 38.1. The van der Waals surface area contributed by atoms with Crippen LogP contribution in [0, 0.1) is 17.0 Å². The van der Waals surface area contributed by atoms with Crippen LogP contribution in [0.5, 0.6) is 0 Å². The van der Waals surface area contributed by atoms with E-state index >= 15 is 0 Å². The lowest BCUT2D eigenvalue weighted by Gasteiger charge is -2.12. The van der Waals surface area contributed by atoms with Gasteiger partial charge in [0.25, 0.3) is 11.6 Å². The summed E-state index contributed by atoms with van der Waals surface area (Å²) in [7, 11) is 0. The number of amides is 1. The molecule has 24 heavy (non-hydrogen) atoms. The molecule has 0 aliphatic rings. The van der Waals surface area contributed by atoms with Crippen molar-refractivity contribution >= 4 is 28.9 Å². The number of hydrogen-bond donors (Lipinski definition) is 1. The van der Waals surface area contributed by atoms with Crippen molar-refractivity contribution in [3.63, 3.8) is 0 Å². The van der Waals surface area contributed by atoms with Crippen LogP contribution in [-0.2, 0) is 6.18 Å². The highest BCUT2D eigenvalue weighted by Gasteiger charge is 2.31. The highest BCUT2D eigenvalue weighted by Crippen LogP contribution is 2.34. The first kappa shape index (κ1) is 17.7. The van der Waals surface area contributed by atoms with Crippen molar-refractivity contribution in [2.75, 3.05) is 5.32 Å². The summed E-state index contributed by atoms with van der Waals surface area (Å²) in [5, 5.41) is 13.0. The smallest absolute Gasteiger partial charge is 0.321 e. The molecule has 0 atom stereocenters. The topological polar surface area (TPSA) is 72.2 Å². The standard InChI is InChI=1S/C15H10ClF3N2O3/c1-8-2-3-9(6-13(8)21(23)24)14(22)20-12-7-10(15(17,18)19)4-5-11(12)16/h2-7H,1H3,(H,20,22). The summed E-state index contributed by atoms with van der Waals surface area (Å²) in [6.07, 6.45) is -4.59. The van der Waals surface area contributed by atoms with E-state index in [1.54, 1.807) is 0 Å². The first-order chi connectivity index (χ1) is 11.1. The van der Waals surface area contributed by atoms with E-state index in [0.717, 1.165) is 18.2 Å². The first-order valence-corrected chi connectivity index (χ1v) is 6.90. The Balaban J connectivity index is 2.33. The Bertz CT molecular complexity index is 822. The third kappa shape index (κ3) is 3.83. The second kappa shape index (κ2) is 6.48. The Morgan fingerprint density at radius 1 is 1.21 bits per heavy atom. The molecule has 0 saturated carbocycles. The molecule has 1 amide bonds. The summed E-state index contributed by atoms with van der Waals surface area (Å²) in [6, 6.07) is 6.25. The number of carbonyl (C=O) groups excluding carboxylic acids is 1. The molecule has 0 spiro atoms. The molecule has 0 aliphatic heterocycles. The Morgan fingerprint density at radius 2 is 1.88 bits per heavy atom. The molecule has 1 N–H and O–H groups in total. The van der Waals surface area contributed by atoms with Crippen molar-refractivity contribution in [1.29, 1.82) is 0 Å². The average Bonchev–Trinajstić information content (AvgIpc) is 2.48. The van der Waals surface area contributed by atoms with E-state index in [2.05, 4.69) is 5.32 Å².